The summed E-state index contributed by atoms with van der Waals surface area (Å²) in [5, 5.41) is 30.8. The maximum absolute atomic E-state index is 14.3. The number of hydrogen-bond donors (Lipinski definition) is 8. The summed E-state index contributed by atoms with van der Waals surface area (Å²) >= 11 is 0. The molecule has 7 atom stereocenters. The lowest BCUT2D eigenvalue weighted by molar-refractivity contribution is -0.145. The van der Waals surface area contributed by atoms with Gasteiger partial charge in [-0.15, -0.1) is 0 Å². The number of aromatic amines is 1. The number of H-pyrrole nitrogens is 1. The van der Waals surface area contributed by atoms with Crippen molar-refractivity contribution in [3.05, 3.63) is 83.9 Å². The van der Waals surface area contributed by atoms with Crippen molar-refractivity contribution >= 4 is 35.5 Å². The molecule has 57 heavy (non-hydrogen) atoms. The second kappa shape index (κ2) is 20.9. The van der Waals surface area contributed by atoms with Gasteiger partial charge in [-0.2, -0.15) is 0 Å². The number of hydrogen-bond acceptors (Lipinski definition) is 9. The molecule has 2 heterocycles. The maximum atomic E-state index is 14.3. The number of rotatable bonds is 20. The summed E-state index contributed by atoms with van der Waals surface area (Å²) in [6.45, 7) is 7.60. The predicted molar refractivity (Wildman–Crippen MR) is 211 cm³/mol. The summed E-state index contributed by atoms with van der Waals surface area (Å²) in [7, 11) is 0. The van der Waals surface area contributed by atoms with Gasteiger partial charge in [-0.25, -0.2) is 9.78 Å². The molecule has 5 amide bonds. The van der Waals surface area contributed by atoms with Crippen molar-refractivity contribution in [3.63, 3.8) is 0 Å². The minimum Gasteiger partial charge on any atom is -0.508 e. The van der Waals surface area contributed by atoms with Crippen LogP contribution in [0.4, 0.5) is 0 Å². The van der Waals surface area contributed by atoms with Crippen LogP contribution in [-0.4, -0.2) is 104 Å². The normalized spacial score (nSPS) is 17.1. The topological polar surface area (TPSA) is 249 Å². The van der Waals surface area contributed by atoms with Gasteiger partial charge in [-0.1, -0.05) is 76.6 Å². The second-order valence-corrected chi connectivity index (χ2v) is 15.0. The molecular weight excluding hydrogens is 732 g/mol. The van der Waals surface area contributed by atoms with Crippen molar-refractivity contribution in [1.82, 2.24) is 36.1 Å². The standard InChI is InChI=1S/C41H56N8O8/c1-5-25(4)35(48-37(52)31(18-27-13-15-29(50)16-14-27)45-36(51)30(21-42)24(2)3)39(54)46-32(20-28-22-43-23-44-28)40(55)49-17-9-12-34(49)38(53)47-33(41(56)57)19-26-10-7-6-8-11-26/h6-8,10-11,13-16,22-25,30-35,50H,5,9,12,17-21,42H2,1-4H3,(H,43,44)(H,45,51)(H,46,54)(H,47,53)(H,48,52)(H,56,57)/t25?,30-,31-,32-,33-,34-,35-/m0/s1. The first-order valence-corrected chi connectivity index (χ1v) is 19.5. The summed E-state index contributed by atoms with van der Waals surface area (Å²) in [5.74, 6) is -5.16. The number of amides is 5. The number of nitrogens with zero attached hydrogens (tertiary/aromatic N) is 2. The van der Waals surface area contributed by atoms with Crippen LogP contribution in [-0.2, 0) is 48.0 Å². The van der Waals surface area contributed by atoms with Crippen molar-refractivity contribution in [1.29, 1.82) is 0 Å². The number of carbonyl (C=O) groups is 6. The van der Waals surface area contributed by atoms with Crippen LogP contribution in [0.15, 0.2) is 67.1 Å². The van der Waals surface area contributed by atoms with Gasteiger partial charge in [0.2, 0.25) is 29.5 Å². The van der Waals surface area contributed by atoms with Gasteiger partial charge in [0, 0.05) is 38.5 Å². The molecule has 1 unspecified atom stereocenters. The number of aromatic hydroxyl groups is 1. The van der Waals surface area contributed by atoms with E-state index in [0.29, 0.717) is 30.5 Å². The van der Waals surface area contributed by atoms with Crippen molar-refractivity contribution in [2.24, 2.45) is 23.5 Å². The molecule has 0 aliphatic carbocycles. The van der Waals surface area contributed by atoms with Crippen LogP contribution < -0.4 is 27.0 Å². The zero-order chi connectivity index (χ0) is 41.6. The highest BCUT2D eigenvalue weighted by atomic mass is 16.4. The van der Waals surface area contributed by atoms with Crippen LogP contribution in [0.3, 0.4) is 0 Å². The van der Waals surface area contributed by atoms with E-state index in [4.69, 9.17) is 5.73 Å². The number of likely N-dealkylation sites (tertiary alicyclic amines) is 1. The Labute approximate surface area is 332 Å². The molecule has 9 N–H and O–H groups in total. The molecule has 16 nitrogen and oxygen atoms in total. The maximum Gasteiger partial charge on any atom is 0.326 e. The molecule has 1 aromatic heterocycles. The Bertz CT molecular complexity index is 1800. The fourth-order valence-corrected chi connectivity index (χ4v) is 6.89. The number of carboxylic acids is 1. The number of phenols is 1. The molecule has 1 fully saturated rings. The van der Waals surface area contributed by atoms with Gasteiger partial charge in [-0.05, 0) is 47.9 Å². The van der Waals surface area contributed by atoms with E-state index in [0.717, 1.165) is 5.56 Å². The first-order valence-electron chi connectivity index (χ1n) is 19.5. The smallest absolute Gasteiger partial charge is 0.326 e. The van der Waals surface area contributed by atoms with Crippen LogP contribution in [0.25, 0.3) is 0 Å². The van der Waals surface area contributed by atoms with Crippen LogP contribution in [0.5, 0.6) is 5.75 Å². The van der Waals surface area contributed by atoms with Gasteiger partial charge in [0.05, 0.1) is 17.9 Å². The van der Waals surface area contributed by atoms with Crippen molar-refractivity contribution < 1.29 is 39.0 Å². The van der Waals surface area contributed by atoms with E-state index in [2.05, 4.69) is 31.2 Å². The quantitative estimate of drug-likeness (QED) is 0.0818. The summed E-state index contributed by atoms with van der Waals surface area (Å²) in [5.41, 5.74) is 7.73. The average molecular weight is 789 g/mol. The van der Waals surface area contributed by atoms with Gasteiger partial charge in [0.1, 0.15) is 36.0 Å². The van der Waals surface area contributed by atoms with Crippen LogP contribution in [0.1, 0.15) is 63.8 Å². The lowest BCUT2D eigenvalue weighted by Crippen LogP contribution is -2.60. The van der Waals surface area contributed by atoms with Gasteiger partial charge in [0.25, 0.3) is 0 Å². The third kappa shape index (κ3) is 12.4. The Balaban J connectivity index is 1.56. The van der Waals surface area contributed by atoms with E-state index in [1.807, 2.05) is 20.8 Å². The molecule has 0 bridgehead atoms. The zero-order valence-corrected chi connectivity index (χ0v) is 32.9. The molecular formula is C41H56N8O8. The van der Waals surface area contributed by atoms with Crippen LogP contribution in [0, 0.1) is 17.8 Å². The van der Waals surface area contributed by atoms with E-state index in [-0.39, 0.29) is 44.0 Å². The molecule has 0 saturated carbocycles. The fraction of sp³-hybridized carbons (Fsp3) is 0.488. The van der Waals surface area contributed by atoms with Crippen molar-refractivity contribution in [3.8, 4) is 5.75 Å². The molecule has 2 aromatic carbocycles. The molecule has 1 aliphatic rings. The number of phenolic OH excluding ortho intramolecular Hbond substituents is 1. The van der Waals surface area contributed by atoms with Gasteiger partial charge in [-0.3, -0.25) is 24.0 Å². The predicted octanol–water partition coefficient (Wildman–Crippen LogP) is 1.44. The van der Waals surface area contributed by atoms with Gasteiger partial charge < -0.3 is 47.1 Å². The minimum atomic E-state index is -1.23. The summed E-state index contributed by atoms with van der Waals surface area (Å²) in [6, 6.07) is 9.42. The number of aromatic nitrogens is 2. The average Bonchev–Trinajstić information content (AvgIpc) is 3.90. The summed E-state index contributed by atoms with van der Waals surface area (Å²) in [6.07, 6.45) is 4.31. The lowest BCUT2D eigenvalue weighted by atomic mass is 9.93. The zero-order valence-electron chi connectivity index (χ0n) is 32.9. The minimum absolute atomic E-state index is 0.0348. The van der Waals surface area contributed by atoms with Crippen molar-refractivity contribution in [2.45, 2.75) is 96.4 Å². The molecule has 4 rings (SSSR count). The highest BCUT2D eigenvalue weighted by Crippen LogP contribution is 2.21. The Morgan fingerprint density at radius 2 is 1.49 bits per heavy atom. The number of carboxylic acid groups (broad SMARTS) is 1. The number of benzene rings is 2. The molecule has 0 radical (unpaired) electrons. The highest BCUT2D eigenvalue weighted by Gasteiger charge is 2.40. The second-order valence-electron chi connectivity index (χ2n) is 15.0. The van der Waals surface area contributed by atoms with E-state index < -0.39 is 77.6 Å². The third-order valence-electron chi connectivity index (χ3n) is 10.5. The van der Waals surface area contributed by atoms with E-state index in [1.54, 1.807) is 55.6 Å². The molecule has 3 aromatic rings. The fourth-order valence-electron chi connectivity index (χ4n) is 6.89. The number of nitrogens with one attached hydrogen (secondary N) is 5. The van der Waals surface area contributed by atoms with E-state index >= 15 is 0 Å². The number of aliphatic carboxylic acids is 1. The monoisotopic (exact) mass is 788 g/mol. The van der Waals surface area contributed by atoms with Gasteiger partial charge >= 0.3 is 5.97 Å². The van der Waals surface area contributed by atoms with Crippen LogP contribution >= 0.6 is 0 Å². The first-order chi connectivity index (χ1) is 27.2. The highest BCUT2D eigenvalue weighted by molar-refractivity contribution is 5.96. The first kappa shape index (κ1) is 44.0. The van der Waals surface area contributed by atoms with Gasteiger partial charge in [0.15, 0.2) is 0 Å². The SMILES string of the molecule is CCC(C)[C@H](NC(=O)[C@H](Cc1ccc(O)cc1)NC(=O)[C@@H](CN)C(C)C)C(=O)N[C@@H](Cc1c[nH]cn1)C(=O)N1CCC[C@H]1C(=O)N[C@@H](Cc1ccccc1)C(=O)O. The number of nitrogens with two attached hydrogens (primary N) is 1. The number of carbonyl (C=O) groups excluding carboxylic acids is 5. The largest absolute Gasteiger partial charge is 0.508 e. The van der Waals surface area contributed by atoms with Crippen LogP contribution in [0.2, 0.25) is 0 Å². The Hall–Kier alpha value is -5.77. The number of imidazole rings is 1. The molecule has 16 heteroatoms. The Morgan fingerprint density at radius 1 is 0.842 bits per heavy atom. The summed E-state index contributed by atoms with van der Waals surface area (Å²) in [4.78, 5) is 90.1. The molecule has 1 aliphatic heterocycles. The van der Waals surface area contributed by atoms with E-state index in [1.165, 1.54) is 23.4 Å². The lowest BCUT2D eigenvalue weighted by Gasteiger charge is -2.31. The van der Waals surface area contributed by atoms with E-state index in [9.17, 15) is 39.0 Å². The molecule has 0 spiro atoms. The summed E-state index contributed by atoms with van der Waals surface area (Å²) < 4.78 is 0. The molecule has 308 valence electrons. The van der Waals surface area contributed by atoms with Crippen molar-refractivity contribution in [2.75, 3.05) is 13.1 Å². The Kier molecular flexibility index (Phi) is 16.2. The molecule has 1 saturated heterocycles. The Morgan fingerprint density at radius 3 is 2.09 bits per heavy atom. The third-order valence-corrected chi connectivity index (χ3v) is 10.5.